The molecule has 3 aromatic rings. The maximum Gasteiger partial charge on any atom is 0.210 e. The average Bonchev–Trinajstić information content (AvgIpc) is 3.05. The van der Waals surface area contributed by atoms with Crippen molar-refractivity contribution in [3.8, 4) is 11.5 Å². The van der Waals surface area contributed by atoms with Crippen LogP contribution in [0.1, 0.15) is 30.9 Å². The highest BCUT2D eigenvalue weighted by Crippen LogP contribution is 2.29. The van der Waals surface area contributed by atoms with Crippen molar-refractivity contribution < 1.29 is 9.84 Å². The minimum Gasteiger partial charge on any atom is -0.457 e. The van der Waals surface area contributed by atoms with Gasteiger partial charge in [-0.15, -0.1) is 10.2 Å². The van der Waals surface area contributed by atoms with Crippen molar-refractivity contribution in [3.63, 3.8) is 0 Å². The van der Waals surface area contributed by atoms with Crippen LogP contribution in [-0.2, 0) is 0 Å². The summed E-state index contributed by atoms with van der Waals surface area (Å²) in [5.74, 6) is 1.53. The van der Waals surface area contributed by atoms with E-state index in [1.54, 1.807) is 0 Å². The van der Waals surface area contributed by atoms with Crippen LogP contribution < -0.4 is 10.1 Å². The van der Waals surface area contributed by atoms with Crippen LogP contribution in [0.25, 0.3) is 0 Å². The van der Waals surface area contributed by atoms with Crippen LogP contribution in [0.2, 0.25) is 0 Å². The Labute approximate surface area is 145 Å². The van der Waals surface area contributed by atoms with E-state index in [1.165, 1.54) is 11.3 Å². The third-order valence-electron chi connectivity index (χ3n) is 3.35. The molecule has 0 aliphatic rings. The Kier molecular flexibility index (Phi) is 5.40. The molecule has 0 aliphatic carbocycles. The molecule has 3 rings (SSSR count). The highest BCUT2D eigenvalue weighted by molar-refractivity contribution is 7.15. The molecule has 0 aliphatic heterocycles. The maximum atomic E-state index is 9.97. The standard InChI is InChI=1S/C18H19N3O2S/c1-2-7-16(22)17-20-21-18(24-17)19-13-8-6-11-15(12-13)23-14-9-4-3-5-10-14/h3-6,8-12,16,22H,2,7H2,1H3,(H,19,21). The van der Waals surface area contributed by atoms with Gasteiger partial charge in [-0.3, -0.25) is 0 Å². The first-order chi connectivity index (χ1) is 11.7. The van der Waals surface area contributed by atoms with E-state index in [2.05, 4.69) is 15.5 Å². The first kappa shape index (κ1) is 16.4. The second-order valence-electron chi connectivity index (χ2n) is 5.32. The van der Waals surface area contributed by atoms with Crippen LogP contribution in [0, 0.1) is 0 Å². The van der Waals surface area contributed by atoms with Gasteiger partial charge in [0.2, 0.25) is 5.13 Å². The molecular weight excluding hydrogens is 322 g/mol. The van der Waals surface area contributed by atoms with Gasteiger partial charge in [0, 0.05) is 11.8 Å². The molecule has 124 valence electrons. The molecule has 2 N–H and O–H groups in total. The lowest BCUT2D eigenvalue weighted by atomic mass is 10.2. The molecule has 2 aromatic carbocycles. The lowest BCUT2D eigenvalue weighted by molar-refractivity contribution is 0.165. The lowest BCUT2D eigenvalue weighted by Gasteiger charge is -2.08. The van der Waals surface area contributed by atoms with Gasteiger partial charge < -0.3 is 15.2 Å². The third-order valence-corrected chi connectivity index (χ3v) is 4.29. The summed E-state index contributed by atoms with van der Waals surface area (Å²) in [5.41, 5.74) is 0.858. The van der Waals surface area contributed by atoms with E-state index in [1.807, 2.05) is 61.5 Å². The van der Waals surface area contributed by atoms with Crippen molar-refractivity contribution >= 4 is 22.2 Å². The zero-order valence-electron chi connectivity index (χ0n) is 13.3. The van der Waals surface area contributed by atoms with Crippen molar-refractivity contribution in [2.75, 3.05) is 5.32 Å². The number of nitrogens with one attached hydrogen (secondary N) is 1. The fourth-order valence-electron chi connectivity index (χ4n) is 2.20. The number of ether oxygens (including phenoxy) is 1. The van der Waals surface area contributed by atoms with Gasteiger partial charge in [0.1, 0.15) is 22.6 Å². The van der Waals surface area contributed by atoms with E-state index < -0.39 is 6.10 Å². The zero-order chi connectivity index (χ0) is 16.8. The summed E-state index contributed by atoms with van der Waals surface area (Å²) >= 11 is 1.36. The zero-order valence-corrected chi connectivity index (χ0v) is 14.2. The quantitative estimate of drug-likeness (QED) is 0.639. The first-order valence-corrected chi connectivity index (χ1v) is 8.67. The molecule has 6 heteroatoms. The number of aliphatic hydroxyl groups excluding tert-OH is 1. The van der Waals surface area contributed by atoms with Crippen LogP contribution in [-0.4, -0.2) is 15.3 Å². The number of para-hydroxylation sites is 1. The Bertz CT molecular complexity index is 777. The van der Waals surface area contributed by atoms with Gasteiger partial charge >= 0.3 is 0 Å². The summed E-state index contributed by atoms with van der Waals surface area (Å²) in [6.45, 7) is 2.03. The third kappa shape index (κ3) is 4.31. The molecule has 0 amide bonds. The highest BCUT2D eigenvalue weighted by atomic mass is 32.1. The molecule has 0 radical (unpaired) electrons. The summed E-state index contributed by atoms with van der Waals surface area (Å²) in [7, 11) is 0. The monoisotopic (exact) mass is 341 g/mol. The number of hydrogen-bond donors (Lipinski definition) is 2. The van der Waals surface area contributed by atoms with Crippen molar-refractivity contribution in [3.05, 3.63) is 59.6 Å². The number of nitrogens with zero attached hydrogens (tertiary/aromatic N) is 2. The Hall–Kier alpha value is -2.44. The Morgan fingerprint density at radius 3 is 2.67 bits per heavy atom. The Morgan fingerprint density at radius 2 is 1.88 bits per heavy atom. The second kappa shape index (κ2) is 7.90. The Balaban J connectivity index is 1.68. The number of anilines is 2. The van der Waals surface area contributed by atoms with E-state index >= 15 is 0 Å². The van der Waals surface area contributed by atoms with Gasteiger partial charge in [0.05, 0.1) is 0 Å². The van der Waals surface area contributed by atoms with Gasteiger partial charge in [-0.25, -0.2) is 0 Å². The highest BCUT2D eigenvalue weighted by Gasteiger charge is 2.13. The fourth-order valence-corrected chi connectivity index (χ4v) is 2.99. The first-order valence-electron chi connectivity index (χ1n) is 7.86. The fraction of sp³-hybridized carbons (Fsp3) is 0.222. The molecule has 1 aromatic heterocycles. The molecule has 0 spiro atoms. The van der Waals surface area contributed by atoms with Crippen molar-refractivity contribution in [2.45, 2.75) is 25.9 Å². The van der Waals surface area contributed by atoms with Gasteiger partial charge in [0.25, 0.3) is 0 Å². The van der Waals surface area contributed by atoms with E-state index in [-0.39, 0.29) is 0 Å². The largest absolute Gasteiger partial charge is 0.457 e. The number of aromatic nitrogens is 2. The number of benzene rings is 2. The summed E-state index contributed by atoms with van der Waals surface area (Å²) in [4.78, 5) is 0. The molecule has 0 bridgehead atoms. The number of rotatable bonds is 7. The second-order valence-corrected chi connectivity index (χ2v) is 6.33. The van der Waals surface area contributed by atoms with Crippen LogP contribution in [0.15, 0.2) is 54.6 Å². The molecule has 1 heterocycles. The molecular formula is C18H19N3O2S. The van der Waals surface area contributed by atoms with E-state index in [0.29, 0.717) is 16.6 Å². The van der Waals surface area contributed by atoms with Crippen LogP contribution in [0.3, 0.4) is 0 Å². The topological polar surface area (TPSA) is 67.3 Å². The molecule has 0 fully saturated rings. The maximum absolute atomic E-state index is 9.97. The average molecular weight is 341 g/mol. The van der Waals surface area contributed by atoms with Crippen LogP contribution >= 0.6 is 11.3 Å². The van der Waals surface area contributed by atoms with E-state index in [0.717, 1.165) is 23.6 Å². The molecule has 24 heavy (non-hydrogen) atoms. The SMILES string of the molecule is CCCC(O)c1nnc(Nc2cccc(Oc3ccccc3)c2)s1. The predicted molar refractivity (Wildman–Crippen MR) is 96.0 cm³/mol. The van der Waals surface area contributed by atoms with Crippen LogP contribution in [0.4, 0.5) is 10.8 Å². The lowest BCUT2D eigenvalue weighted by Crippen LogP contribution is -1.95. The van der Waals surface area contributed by atoms with Crippen LogP contribution in [0.5, 0.6) is 11.5 Å². The molecule has 1 unspecified atom stereocenters. The number of aliphatic hydroxyl groups is 1. The molecule has 1 atom stereocenters. The van der Waals surface area contributed by atoms with E-state index in [4.69, 9.17) is 4.74 Å². The minimum atomic E-state index is -0.546. The summed E-state index contributed by atoms with van der Waals surface area (Å²) in [5, 5.41) is 22.6. The van der Waals surface area contributed by atoms with Crippen molar-refractivity contribution in [1.29, 1.82) is 0 Å². The molecule has 0 saturated carbocycles. The predicted octanol–water partition coefficient (Wildman–Crippen LogP) is 4.91. The molecule has 5 nitrogen and oxygen atoms in total. The van der Waals surface area contributed by atoms with E-state index in [9.17, 15) is 5.11 Å². The van der Waals surface area contributed by atoms with Crippen molar-refractivity contribution in [2.24, 2.45) is 0 Å². The Morgan fingerprint density at radius 1 is 1.08 bits per heavy atom. The number of hydrogen-bond acceptors (Lipinski definition) is 6. The summed E-state index contributed by atoms with van der Waals surface area (Å²) < 4.78 is 5.82. The summed E-state index contributed by atoms with van der Waals surface area (Å²) in [6.07, 6.45) is 1.05. The van der Waals surface area contributed by atoms with Gasteiger partial charge in [-0.1, -0.05) is 48.9 Å². The normalized spacial score (nSPS) is 11.9. The van der Waals surface area contributed by atoms with Gasteiger partial charge in [0.15, 0.2) is 0 Å². The summed E-state index contributed by atoms with van der Waals surface area (Å²) in [6, 6.07) is 17.3. The minimum absolute atomic E-state index is 0.546. The smallest absolute Gasteiger partial charge is 0.210 e. The van der Waals surface area contributed by atoms with Crippen molar-refractivity contribution in [1.82, 2.24) is 10.2 Å². The molecule has 0 saturated heterocycles. The van der Waals surface area contributed by atoms with Gasteiger partial charge in [-0.05, 0) is 30.7 Å². The van der Waals surface area contributed by atoms with Gasteiger partial charge in [-0.2, -0.15) is 0 Å².